The van der Waals surface area contributed by atoms with E-state index in [-0.39, 0.29) is 11.4 Å². The second-order valence-corrected chi connectivity index (χ2v) is 10.3. The molecule has 2 aromatic heterocycles. The third-order valence-electron chi connectivity index (χ3n) is 7.14. The molecule has 2 aliphatic carbocycles. The van der Waals surface area contributed by atoms with E-state index in [1.807, 2.05) is 6.07 Å². The maximum absolute atomic E-state index is 14.0. The topological polar surface area (TPSA) is 46.9 Å². The molecule has 0 saturated carbocycles. The molecule has 2 heterocycles. The second-order valence-electron chi connectivity index (χ2n) is 9.25. The first-order valence-corrected chi connectivity index (χ1v) is 12.5. The van der Waals surface area contributed by atoms with Gasteiger partial charge < -0.3 is 5.32 Å². The van der Waals surface area contributed by atoms with Crippen LogP contribution in [0.3, 0.4) is 0 Å². The molecule has 1 N–H and O–H groups in total. The SMILES string of the molecule is O=c1c2c3c(sc2ncn1CCc1ccccc1F)C[C@@H](NC1Cc2ccccc2C1)CC3. The van der Waals surface area contributed by atoms with E-state index >= 15 is 0 Å². The molecular formula is C27H26FN3OS. The first-order chi connectivity index (χ1) is 16.2. The molecule has 0 fully saturated rings. The molecule has 1 atom stereocenters. The van der Waals surface area contributed by atoms with Gasteiger partial charge >= 0.3 is 0 Å². The Labute approximate surface area is 196 Å². The van der Waals surface area contributed by atoms with Crippen LogP contribution in [-0.2, 0) is 38.6 Å². The molecule has 2 aliphatic rings. The van der Waals surface area contributed by atoms with E-state index in [0.29, 0.717) is 30.6 Å². The Balaban J connectivity index is 1.19. The van der Waals surface area contributed by atoms with Gasteiger partial charge in [0.2, 0.25) is 0 Å². The minimum atomic E-state index is -0.226. The molecule has 0 radical (unpaired) electrons. The van der Waals surface area contributed by atoms with Crippen LogP contribution in [0.5, 0.6) is 0 Å². The van der Waals surface area contributed by atoms with Crippen LogP contribution in [0.2, 0.25) is 0 Å². The molecule has 0 spiro atoms. The van der Waals surface area contributed by atoms with E-state index in [2.05, 4.69) is 34.6 Å². The number of hydrogen-bond donors (Lipinski definition) is 1. The number of thiophene rings is 1. The fourth-order valence-corrected chi connectivity index (χ4v) is 6.71. The van der Waals surface area contributed by atoms with Crippen molar-refractivity contribution < 1.29 is 4.39 Å². The highest BCUT2D eigenvalue weighted by Gasteiger charge is 2.28. The average Bonchev–Trinajstić information content (AvgIpc) is 3.40. The highest BCUT2D eigenvalue weighted by atomic mass is 32.1. The number of benzene rings is 2. The smallest absolute Gasteiger partial charge is 0.262 e. The maximum atomic E-state index is 14.0. The Morgan fingerprint density at radius 2 is 1.79 bits per heavy atom. The number of nitrogens with one attached hydrogen (secondary N) is 1. The molecule has 4 nitrogen and oxygen atoms in total. The van der Waals surface area contributed by atoms with Crippen LogP contribution in [0.15, 0.2) is 59.7 Å². The lowest BCUT2D eigenvalue weighted by Gasteiger charge is -2.26. The van der Waals surface area contributed by atoms with Crippen molar-refractivity contribution in [1.29, 1.82) is 0 Å². The zero-order chi connectivity index (χ0) is 22.4. The minimum absolute atomic E-state index is 0.00601. The molecule has 0 bridgehead atoms. The van der Waals surface area contributed by atoms with Crippen molar-refractivity contribution in [3.8, 4) is 0 Å². The van der Waals surface area contributed by atoms with Gasteiger partial charge in [-0.15, -0.1) is 11.3 Å². The van der Waals surface area contributed by atoms with Crippen molar-refractivity contribution in [2.75, 3.05) is 0 Å². The average molecular weight is 460 g/mol. The summed E-state index contributed by atoms with van der Waals surface area (Å²) in [5, 5.41) is 4.66. The lowest BCUT2D eigenvalue weighted by Crippen LogP contribution is -2.41. The highest BCUT2D eigenvalue weighted by Crippen LogP contribution is 2.34. The van der Waals surface area contributed by atoms with Gasteiger partial charge in [-0.25, -0.2) is 9.37 Å². The van der Waals surface area contributed by atoms with E-state index < -0.39 is 0 Å². The number of aromatic nitrogens is 2. The minimum Gasteiger partial charge on any atom is -0.310 e. The summed E-state index contributed by atoms with van der Waals surface area (Å²) < 4.78 is 15.6. The van der Waals surface area contributed by atoms with E-state index in [1.165, 1.54) is 27.6 Å². The summed E-state index contributed by atoms with van der Waals surface area (Å²) in [5.74, 6) is -0.226. The Kier molecular flexibility index (Phi) is 5.35. The van der Waals surface area contributed by atoms with Gasteiger partial charge in [0.25, 0.3) is 5.56 Å². The molecule has 6 rings (SSSR count). The summed E-state index contributed by atoms with van der Waals surface area (Å²) in [6.07, 6.45) is 7.19. The molecule has 2 aromatic carbocycles. The number of aryl methyl sites for hydroxylation is 3. The predicted octanol–water partition coefficient (Wildman–Crippen LogP) is 4.45. The van der Waals surface area contributed by atoms with Crippen LogP contribution in [0.4, 0.5) is 4.39 Å². The molecule has 33 heavy (non-hydrogen) atoms. The van der Waals surface area contributed by atoms with Gasteiger partial charge in [0, 0.05) is 23.5 Å². The Morgan fingerprint density at radius 3 is 2.58 bits per heavy atom. The van der Waals surface area contributed by atoms with E-state index in [0.717, 1.165) is 42.3 Å². The first kappa shape index (κ1) is 20.8. The van der Waals surface area contributed by atoms with Crippen molar-refractivity contribution >= 4 is 21.6 Å². The van der Waals surface area contributed by atoms with Gasteiger partial charge in [0.05, 0.1) is 11.7 Å². The Bertz CT molecular complexity index is 1370. The maximum Gasteiger partial charge on any atom is 0.262 e. The van der Waals surface area contributed by atoms with Crippen molar-refractivity contribution in [2.24, 2.45) is 0 Å². The van der Waals surface area contributed by atoms with Gasteiger partial charge in [-0.2, -0.15) is 0 Å². The largest absolute Gasteiger partial charge is 0.310 e. The fraction of sp³-hybridized carbons (Fsp3) is 0.333. The zero-order valence-electron chi connectivity index (χ0n) is 18.4. The van der Waals surface area contributed by atoms with Crippen LogP contribution in [0, 0.1) is 5.82 Å². The lowest BCUT2D eigenvalue weighted by molar-refractivity contribution is 0.402. The number of nitrogens with zero attached hydrogens (tertiary/aromatic N) is 2. The molecule has 0 aliphatic heterocycles. The molecule has 4 aromatic rings. The van der Waals surface area contributed by atoms with Crippen molar-refractivity contribution in [2.45, 2.75) is 57.2 Å². The fourth-order valence-electron chi connectivity index (χ4n) is 5.45. The normalized spacial score (nSPS) is 17.9. The van der Waals surface area contributed by atoms with Gasteiger partial charge in [-0.05, 0) is 66.8 Å². The van der Waals surface area contributed by atoms with Crippen LogP contribution >= 0.6 is 11.3 Å². The zero-order valence-corrected chi connectivity index (χ0v) is 19.2. The van der Waals surface area contributed by atoms with E-state index in [4.69, 9.17) is 0 Å². The second kappa shape index (κ2) is 8.50. The number of halogens is 1. The Hall–Kier alpha value is -2.83. The van der Waals surface area contributed by atoms with Gasteiger partial charge in [0.15, 0.2) is 0 Å². The molecule has 0 unspecified atom stereocenters. The third kappa shape index (κ3) is 3.91. The standard InChI is InChI=1S/C27H26FN3OS/c28-23-8-4-3-5-17(23)11-12-31-16-29-26-25(27(31)32)22-10-9-20(15-24(22)33-26)30-21-13-18-6-1-2-7-19(18)14-21/h1-8,16,20-21,30H,9-15H2/t20-/m0/s1. The van der Waals surface area contributed by atoms with E-state index in [1.54, 1.807) is 34.4 Å². The third-order valence-corrected chi connectivity index (χ3v) is 8.30. The number of hydrogen-bond acceptors (Lipinski definition) is 4. The Morgan fingerprint density at radius 1 is 1.03 bits per heavy atom. The number of rotatable bonds is 5. The van der Waals surface area contributed by atoms with Crippen LogP contribution in [0.1, 0.15) is 33.6 Å². The summed E-state index contributed by atoms with van der Waals surface area (Å²) in [6.45, 7) is 0.430. The summed E-state index contributed by atoms with van der Waals surface area (Å²) in [7, 11) is 0. The monoisotopic (exact) mass is 459 g/mol. The van der Waals surface area contributed by atoms with Crippen LogP contribution < -0.4 is 10.9 Å². The van der Waals surface area contributed by atoms with Crippen LogP contribution in [0.25, 0.3) is 10.2 Å². The first-order valence-electron chi connectivity index (χ1n) is 11.7. The molecule has 0 saturated heterocycles. The molecule has 0 amide bonds. The molecule has 168 valence electrons. The molecular weight excluding hydrogens is 433 g/mol. The molecule has 6 heteroatoms. The summed E-state index contributed by atoms with van der Waals surface area (Å²) in [4.78, 5) is 20.0. The quantitative estimate of drug-likeness (QED) is 0.480. The van der Waals surface area contributed by atoms with Gasteiger partial charge in [-0.3, -0.25) is 9.36 Å². The summed E-state index contributed by atoms with van der Waals surface area (Å²) >= 11 is 1.66. The summed E-state index contributed by atoms with van der Waals surface area (Å²) in [6, 6.07) is 16.4. The number of fused-ring (bicyclic) bond motifs is 4. The van der Waals surface area contributed by atoms with Crippen molar-refractivity contribution in [3.05, 3.63) is 98.2 Å². The van der Waals surface area contributed by atoms with Crippen LogP contribution in [-0.4, -0.2) is 21.6 Å². The van der Waals surface area contributed by atoms with E-state index in [9.17, 15) is 9.18 Å². The van der Waals surface area contributed by atoms with Gasteiger partial charge in [0.1, 0.15) is 10.6 Å². The lowest BCUT2D eigenvalue weighted by atomic mass is 9.92. The summed E-state index contributed by atoms with van der Waals surface area (Å²) in [5.41, 5.74) is 4.74. The van der Waals surface area contributed by atoms with Gasteiger partial charge in [-0.1, -0.05) is 42.5 Å². The highest BCUT2D eigenvalue weighted by molar-refractivity contribution is 7.18. The van der Waals surface area contributed by atoms with Crippen molar-refractivity contribution in [1.82, 2.24) is 14.9 Å². The van der Waals surface area contributed by atoms with Crippen molar-refractivity contribution in [3.63, 3.8) is 0 Å². The predicted molar refractivity (Wildman–Crippen MR) is 131 cm³/mol.